The Labute approximate surface area is 197 Å². The maximum absolute atomic E-state index is 12.9. The number of hydrogen-bond acceptors (Lipinski definition) is 3. The number of methoxy groups -OCH3 is 1. The van der Waals surface area contributed by atoms with E-state index in [0.29, 0.717) is 11.4 Å². The maximum atomic E-state index is 12.9. The first-order chi connectivity index (χ1) is 16.7. The molecule has 0 bridgehead atoms. The first kappa shape index (κ1) is 21.3. The topological polar surface area (TPSA) is 68.2 Å². The predicted molar refractivity (Wildman–Crippen MR) is 136 cm³/mol. The lowest BCUT2D eigenvalue weighted by molar-refractivity contribution is 0.262. The lowest BCUT2D eigenvalue weighted by atomic mass is 10.0. The van der Waals surface area contributed by atoms with Gasteiger partial charge in [-0.3, -0.25) is 4.98 Å². The molecule has 0 spiro atoms. The van der Waals surface area contributed by atoms with Crippen LogP contribution in [0.5, 0.6) is 5.75 Å². The van der Waals surface area contributed by atoms with E-state index < -0.39 is 0 Å². The summed E-state index contributed by atoms with van der Waals surface area (Å²) in [6.07, 6.45) is 5.61. The van der Waals surface area contributed by atoms with Gasteiger partial charge in [-0.15, -0.1) is 0 Å². The SMILES string of the molecule is COc1ccc(-c2ccccc2)cc1NC(=O)Nc1cccc2c1ccn2Cc1ccncc1. The summed E-state index contributed by atoms with van der Waals surface area (Å²) in [5, 5.41) is 6.90. The van der Waals surface area contributed by atoms with Gasteiger partial charge in [-0.05, 0) is 59.2 Å². The van der Waals surface area contributed by atoms with Crippen molar-refractivity contribution < 1.29 is 9.53 Å². The molecule has 6 nitrogen and oxygen atoms in total. The van der Waals surface area contributed by atoms with Crippen molar-refractivity contribution in [3.8, 4) is 16.9 Å². The average molecular weight is 449 g/mol. The largest absolute Gasteiger partial charge is 0.495 e. The second-order valence-corrected chi connectivity index (χ2v) is 7.90. The number of pyridine rings is 1. The zero-order chi connectivity index (χ0) is 23.3. The van der Waals surface area contributed by atoms with Crippen LogP contribution in [0.3, 0.4) is 0 Å². The van der Waals surface area contributed by atoms with Gasteiger partial charge in [0.1, 0.15) is 5.75 Å². The van der Waals surface area contributed by atoms with Gasteiger partial charge in [-0.1, -0.05) is 42.5 Å². The molecule has 34 heavy (non-hydrogen) atoms. The van der Waals surface area contributed by atoms with Gasteiger partial charge < -0.3 is 19.9 Å². The number of carbonyl (C=O) groups excluding carboxylic acids is 1. The van der Waals surface area contributed by atoms with Crippen LogP contribution in [-0.4, -0.2) is 22.7 Å². The van der Waals surface area contributed by atoms with Crippen LogP contribution in [0, 0.1) is 0 Å². The Morgan fingerprint density at radius 3 is 2.44 bits per heavy atom. The summed E-state index contributed by atoms with van der Waals surface area (Å²) in [6.45, 7) is 0.727. The molecule has 2 aromatic heterocycles. The highest BCUT2D eigenvalue weighted by atomic mass is 16.5. The summed E-state index contributed by atoms with van der Waals surface area (Å²) in [6, 6.07) is 27.3. The summed E-state index contributed by atoms with van der Waals surface area (Å²) in [5.74, 6) is 0.594. The molecule has 2 heterocycles. The number of nitrogens with one attached hydrogen (secondary N) is 2. The molecule has 3 aromatic carbocycles. The highest BCUT2D eigenvalue weighted by Gasteiger charge is 2.12. The molecule has 5 rings (SSSR count). The Bertz CT molecular complexity index is 1430. The number of benzene rings is 3. The molecule has 5 aromatic rings. The molecule has 6 heteroatoms. The highest BCUT2D eigenvalue weighted by Crippen LogP contribution is 2.31. The van der Waals surface area contributed by atoms with Gasteiger partial charge in [0.05, 0.1) is 24.0 Å². The van der Waals surface area contributed by atoms with Gasteiger partial charge in [0.25, 0.3) is 0 Å². The molecule has 2 amide bonds. The van der Waals surface area contributed by atoms with Crippen molar-refractivity contribution in [2.24, 2.45) is 0 Å². The molecule has 0 aliphatic heterocycles. The molecule has 0 unspecified atom stereocenters. The van der Waals surface area contributed by atoms with Gasteiger partial charge in [0.15, 0.2) is 0 Å². The number of rotatable bonds is 6. The minimum Gasteiger partial charge on any atom is -0.495 e. The maximum Gasteiger partial charge on any atom is 0.323 e. The van der Waals surface area contributed by atoms with Gasteiger partial charge >= 0.3 is 6.03 Å². The number of fused-ring (bicyclic) bond motifs is 1. The molecule has 0 fully saturated rings. The molecule has 0 aliphatic carbocycles. The number of amides is 2. The van der Waals surface area contributed by atoms with E-state index in [1.54, 1.807) is 19.5 Å². The van der Waals surface area contributed by atoms with E-state index in [1.165, 1.54) is 0 Å². The summed E-state index contributed by atoms with van der Waals surface area (Å²) in [7, 11) is 1.59. The summed E-state index contributed by atoms with van der Waals surface area (Å²) < 4.78 is 7.62. The van der Waals surface area contributed by atoms with Crippen LogP contribution < -0.4 is 15.4 Å². The lowest BCUT2D eigenvalue weighted by Gasteiger charge is -2.14. The van der Waals surface area contributed by atoms with E-state index in [4.69, 9.17) is 4.74 Å². The Hall–Kier alpha value is -4.58. The number of hydrogen-bond donors (Lipinski definition) is 2. The average Bonchev–Trinajstić information content (AvgIpc) is 3.29. The van der Waals surface area contributed by atoms with Crippen LogP contribution in [0.15, 0.2) is 104 Å². The van der Waals surface area contributed by atoms with Crippen LogP contribution >= 0.6 is 0 Å². The van der Waals surface area contributed by atoms with E-state index in [9.17, 15) is 4.79 Å². The van der Waals surface area contributed by atoms with Gasteiger partial charge in [-0.2, -0.15) is 0 Å². The van der Waals surface area contributed by atoms with E-state index in [1.807, 2.05) is 91.1 Å². The predicted octanol–water partition coefficient (Wildman–Crippen LogP) is 6.40. The minimum atomic E-state index is -0.335. The second kappa shape index (κ2) is 9.50. The number of aromatic nitrogens is 2. The molecule has 0 radical (unpaired) electrons. The van der Waals surface area contributed by atoms with Crippen LogP contribution in [0.2, 0.25) is 0 Å². The third-order valence-corrected chi connectivity index (χ3v) is 5.72. The van der Waals surface area contributed by atoms with E-state index in [0.717, 1.165) is 39.8 Å². The summed E-state index contributed by atoms with van der Waals surface area (Å²) in [5.41, 5.74) is 5.60. The summed E-state index contributed by atoms with van der Waals surface area (Å²) >= 11 is 0. The highest BCUT2D eigenvalue weighted by molar-refractivity contribution is 6.06. The minimum absolute atomic E-state index is 0.335. The number of urea groups is 1. The van der Waals surface area contributed by atoms with Crippen molar-refractivity contribution in [2.45, 2.75) is 6.54 Å². The smallest absolute Gasteiger partial charge is 0.323 e. The molecule has 2 N–H and O–H groups in total. The fourth-order valence-corrected chi connectivity index (χ4v) is 4.05. The van der Waals surface area contributed by atoms with Crippen molar-refractivity contribution in [2.75, 3.05) is 17.7 Å². The van der Waals surface area contributed by atoms with E-state index in [-0.39, 0.29) is 6.03 Å². The Morgan fingerprint density at radius 2 is 1.65 bits per heavy atom. The van der Waals surface area contributed by atoms with Crippen LogP contribution in [0.4, 0.5) is 16.2 Å². The van der Waals surface area contributed by atoms with Crippen molar-refractivity contribution >= 4 is 28.3 Å². The van der Waals surface area contributed by atoms with Crippen molar-refractivity contribution in [3.63, 3.8) is 0 Å². The lowest BCUT2D eigenvalue weighted by Crippen LogP contribution is -2.20. The van der Waals surface area contributed by atoms with Crippen LogP contribution in [0.25, 0.3) is 22.0 Å². The normalized spacial score (nSPS) is 10.7. The number of nitrogens with zero attached hydrogens (tertiary/aromatic N) is 2. The molecule has 0 aliphatic rings. The molecular weight excluding hydrogens is 424 g/mol. The zero-order valence-corrected chi connectivity index (χ0v) is 18.7. The molecule has 0 saturated heterocycles. The monoisotopic (exact) mass is 448 g/mol. The van der Waals surface area contributed by atoms with Gasteiger partial charge in [0.2, 0.25) is 0 Å². The fraction of sp³-hybridized carbons (Fsp3) is 0.0714. The van der Waals surface area contributed by atoms with Gasteiger partial charge in [-0.25, -0.2) is 4.79 Å². The first-order valence-corrected chi connectivity index (χ1v) is 11.0. The Balaban J connectivity index is 1.37. The van der Waals surface area contributed by atoms with Crippen LogP contribution in [-0.2, 0) is 6.54 Å². The number of ether oxygens (including phenoxy) is 1. The molecule has 0 saturated carbocycles. The Morgan fingerprint density at radius 1 is 0.853 bits per heavy atom. The van der Waals surface area contributed by atoms with E-state index >= 15 is 0 Å². The zero-order valence-electron chi connectivity index (χ0n) is 18.7. The molecule has 0 atom stereocenters. The van der Waals surface area contributed by atoms with Crippen molar-refractivity contribution in [3.05, 3.63) is 109 Å². The number of carbonyl (C=O) groups is 1. The van der Waals surface area contributed by atoms with Crippen molar-refractivity contribution in [1.82, 2.24) is 9.55 Å². The summed E-state index contributed by atoms with van der Waals surface area (Å²) in [4.78, 5) is 17.0. The van der Waals surface area contributed by atoms with Gasteiger partial charge in [0, 0.05) is 30.5 Å². The fourth-order valence-electron chi connectivity index (χ4n) is 4.05. The third kappa shape index (κ3) is 4.47. The first-order valence-electron chi connectivity index (χ1n) is 11.0. The van der Waals surface area contributed by atoms with Crippen LogP contribution in [0.1, 0.15) is 5.56 Å². The second-order valence-electron chi connectivity index (χ2n) is 7.90. The quantitative estimate of drug-likeness (QED) is 0.316. The molecule has 168 valence electrons. The third-order valence-electron chi connectivity index (χ3n) is 5.72. The standard InChI is InChI=1S/C28H24N4O2/c1-34-27-11-10-22(21-6-3-2-4-7-21)18-25(27)31-28(33)30-24-8-5-9-26-23(24)14-17-32(26)19-20-12-15-29-16-13-20/h2-18H,19H2,1H3,(H2,30,31,33). The molecular formula is C28H24N4O2. The van der Waals surface area contributed by atoms with Crippen molar-refractivity contribution in [1.29, 1.82) is 0 Å². The van der Waals surface area contributed by atoms with E-state index in [2.05, 4.69) is 20.2 Å². The number of anilines is 2. The Kier molecular flexibility index (Phi) is 5.95.